The van der Waals surface area contributed by atoms with Crippen molar-refractivity contribution in [1.29, 1.82) is 0 Å². The van der Waals surface area contributed by atoms with Crippen molar-refractivity contribution >= 4 is 23.5 Å². The largest absolute Gasteiger partial charge is 0.480 e. The van der Waals surface area contributed by atoms with Crippen LogP contribution in [0.15, 0.2) is 24.3 Å². The molecular weight excluding hydrogens is 267 g/mol. The Morgan fingerprint density at radius 3 is 2.40 bits per heavy atom. The molecule has 106 valence electrons. The zero-order valence-electron chi connectivity index (χ0n) is 10.7. The summed E-state index contributed by atoms with van der Waals surface area (Å²) in [4.78, 5) is 36.9. The lowest BCUT2D eigenvalue weighted by Crippen LogP contribution is -2.58. The van der Waals surface area contributed by atoms with Crippen LogP contribution in [0.4, 0.5) is 10.1 Å². The summed E-state index contributed by atoms with van der Waals surface area (Å²) in [5.41, 5.74) is 0.411. The Balaban J connectivity index is 2.20. The number of carbonyl (C=O) groups excluding carboxylic acids is 2. The fraction of sp³-hybridized carbons (Fsp3) is 0.308. The molecular formula is C13H13FN2O4. The highest BCUT2D eigenvalue weighted by molar-refractivity contribution is 6.05. The first-order valence-corrected chi connectivity index (χ1v) is 5.98. The van der Waals surface area contributed by atoms with E-state index in [-0.39, 0.29) is 13.1 Å². The molecule has 1 N–H and O–H groups in total. The van der Waals surface area contributed by atoms with Crippen molar-refractivity contribution in [1.82, 2.24) is 4.90 Å². The summed E-state index contributed by atoms with van der Waals surface area (Å²) in [7, 11) is 0. The fourth-order valence-corrected chi connectivity index (χ4v) is 2.07. The Hall–Kier alpha value is -2.44. The fourth-order valence-electron chi connectivity index (χ4n) is 2.07. The van der Waals surface area contributed by atoms with Crippen LogP contribution in [-0.2, 0) is 14.4 Å². The molecule has 1 fully saturated rings. The molecule has 2 rings (SSSR count). The van der Waals surface area contributed by atoms with Crippen LogP contribution in [0.3, 0.4) is 0 Å². The number of imide groups is 1. The van der Waals surface area contributed by atoms with E-state index in [0.29, 0.717) is 5.69 Å². The highest BCUT2D eigenvalue weighted by atomic mass is 19.1. The van der Waals surface area contributed by atoms with Crippen LogP contribution in [0.5, 0.6) is 0 Å². The first kappa shape index (κ1) is 14.0. The summed E-state index contributed by atoms with van der Waals surface area (Å²) >= 11 is 0. The summed E-state index contributed by atoms with van der Waals surface area (Å²) in [6.07, 6.45) is 0. The van der Waals surface area contributed by atoms with Gasteiger partial charge in [0.25, 0.3) is 0 Å². The van der Waals surface area contributed by atoms with Crippen LogP contribution in [0.2, 0.25) is 0 Å². The lowest BCUT2D eigenvalue weighted by Gasteiger charge is -2.35. The number of piperazine rings is 1. The van der Waals surface area contributed by atoms with Crippen molar-refractivity contribution in [3.8, 4) is 0 Å². The number of carboxylic acids is 1. The molecule has 1 aromatic carbocycles. The Morgan fingerprint density at radius 2 is 1.90 bits per heavy atom. The van der Waals surface area contributed by atoms with Gasteiger partial charge in [0.2, 0.25) is 11.8 Å². The normalized spacial score (nSPS) is 17.3. The number of aliphatic carboxylic acids is 1. The average molecular weight is 280 g/mol. The zero-order chi connectivity index (χ0) is 14.9. The van der Waals surface area contributed by atoms with Gasteiger partial charge in [0, 0.05) is 5.69 Å². The van der Waals surface area contributed by atoms with Gasteiger partial charge in [-0.15, -0.1) is 0 Å². The van der Waals surface area contributed by atoms with Crippen molar-refractivity contribution in [3.05, 3.63) is 30.1 Å². The standard InChI is InChI=1S/C13H13FN2O4/c1-8(13(19)20)16-11(17)6-15(7-12(16)18)10-4-2-3-9(14)5-10/h2-5,8H,6-7H2,1H3,(H,19,20). The van der Waals surface area contributed by atoms with Gasteiger partial charge in [0.15, 0.2) is 0 Å². The lowest BCUT2D eigenvalue weighted by molar-refractivity contribution is -0.157. The number of anilines is 1. The Bertz CT molecular complexity index is 557. The van der Waals surface area contributed by atoms with Crippen molar-refractivity contribution in [3.63, 3.8) is 0 Å². The number of rotatable bonds is 3. The molecule has 0 aromatic heterocycles. The quantitative estimate of drug-likeness (QED) is 0.815. The average Bonchev–Trinajstić information content (AvgIpc) is 2.37. The van der Waals surface area contributed by atoms with Crippen LogP contribution in [-0.4, -0.2) is 46.9 Å². The van der Waals surface area contributed by atoms with Crippen molar-refractivity contribution in [2.45, 2.75) is 13.0 Å². The minimum atomic E-state index is -1.24. The van der Waals surface area contributed by atoms with Gasteiger partial charge in [-0.1, -0.05) is 6.07 Å². The second kappa shape index (κ2) is 5.28. The maximum Gasteiger partial charge on any atom is 0.326 e. The minimum absolute atomic E-state index is 0.160. The summed E-state index contributed by atoms with van der Waals surface area (Å²) in [5.74, 6) is -2.93. The molecule has 0 radical (unpaired) electrons. The Morgan fingerprint density at radius 1 is 1.30 bits per heavy atom. The van der Waals surface area contributed by atoms with E-state index >= 15 is 0 Å². The maximum atomic E-state index is 13.1. The summed E-state index contributed by atoms with van der Waals surface area (Å²) < 4.78 is 13.1. The molecule has 1 unspecified atom stereocenters. The van der Waals surface area contributed by atoms with Gasteiger partial charge in [0.1, 0.15) is 11.9 Å². The third-order valence-corrected chi connectivity index (χ3v) is 3.11. The molecule has 1 heterocycles. The van der Waals surface area contributed by atoms with Gasteiger partial charge in [-0.25, -0.2) is 9.18 Å². The SMILES string of the molecule is CC(C(=O)O)N1C(=O)CN(c2cccc(F)c2)CC1=O. The Labute approximate surface area is 114 Å². The van der Waals surface area contributed by atoms with E-state index in [1.807, 2.05) is 0 Å². The number of hydrogen-bond donors (Lipinski definition) is 1. The van der Waals surface area contributed by atoms with Crippen LogP contribution in [0.1, 0.15) is 6.92 Å². The highest BCUT2D eigenvalue weighted by Gasteiger charge is 2.37. The van der Waals surface area contributed by atoms with Gasteiger partial charge < -0.3 is 10.0 Å². The number of carboxylic acid groups (broad SMARTS) is 1. The number of halogens is 1. The molecule has 6 nitrogen and oxygen atoms in total. The molecule has 20 heavy (non-hydrogen) atoms. The highest BCUT2D eigenvalue weighted by Crippen LogP contribution is 2.19. The summed E-state index contributed by atoms with van der Waals surface area (Å²) in [5, 5.41) is 8.88. The van der Waals surface area contributed by atoms with Crippen LogP contribution < -0.4 is 4.90 Å². The van der Waals surface area contributed by atoms with Gasteiger partial charge >= 0.3 is 5.97 Å². The third kappa shape index (κ3) is 2.61. The summed E-state index contributed by atoms with van der Waals surface area (Å²) in [6, 6.07) is 4.34. The zero-order valence-corrected chi connectivity index (χ0v) is 10.7. The van der Waals surface area contributed by atoms with E-state index in [1.165, 1.54) is 30.0 Å². The second-order valence-electron chi connectivity index (χ2n) is 4.51. The molecule has 0 bridgehead atoms. The predicted octanol–water partition coefficient (Wildman–Crippen LogP) is 0.474. The number of carbonyl (C=O) groups is 3. The van der Waals surface area contributed by atoms with Gasteiger partial charge in [-0.2, -0.15) is 0 Å². The molecule has 1 aromatic rings. The molecule has 7 heteroatoms. The van der Waals surface area contributed by atoms with Crippen LogP contribution in [0.25, 0.3) is 0 Å². The number of nitrogens with zero attached hydrogens (tertiary/aromatic N) is 2. The second-order valence-corrected chi connectivity index (χ2v) is 4.51. The molecule has 0 aliphatic carbocycles. The molecule has 0 saturated carbocycles. The number of hydrogen-bond acceptors (Lipinski definition) is 4. The van der Waals surface area contributed by atoms with Crippen molar-refractivity contribution in [2.24, 2.45) is 0 Å². The molecule has 1 aliphatic rings. The van der Waals surface area contributed by atoms with Crippen molar-refractivity contribution in [2.75, 3.05) is 18.0 Å². The summed E-state index contributed by atoms with van der Waals surface area (Å²) in [6.45, 7) is 0.954. The first-order valence-electron chi connectivity index (χ1n) is 5.98. The lowest BCUT2D eigenvalue weighted by atomic mass is 10.2. The molecule has 2 amide bonds. The molecule has 1 atom stereocenters. The van der Waals surface area contributed by atoms with E-state index in [0.717, 1.165) is 4.90 Å². The maximum absolute atomic E-state index is 13.1. The number of amides is 2. The first-order chi connectivity index (χ1) is 9.40. The topological polar surface area (TPSA) is 77.9 Å². The van der Waals surface area contributed by atoms with Crippen molar-refractivity contribution < 1.29 is 23.9 Å². The van der Waals surface area contributed by atoms with Crippen LogP contribution in [0, 0.1) is 5.82 Å². The van der Waals surface area contributed by atoms with Crippen LogP contribution >= 0.6 is 0 Å². The van der Waals surface area contributed by atoms with Gasteiger partial charge in [0.05, 0.1) is 13.1 Å². The van der Waals surface area contributed by atoms with E-state index in [1.54, 1.807) is 6.07 Å². The molecule has 0 spiro atoms. The monoisotopic (exact) mass is 280 g/mol. The van der Waals surface area contributed by atoms with E-state index < -0.39 is 29.6 Å². The van der Waals surface area contributed by atoms with E-state index in [9.17, 15) is 18.8 Å². The molecule has 1 saturated heterocycles. The molecule has 1 aliphatic heterocycles. The number of benzene rings is 1. The minimum Gasteiger partial charge on any atom is -0.480 e. The Kier molecular flexibility index (Phi) is 3.69. The van der Waals surface area contributed by atoms with E-state index in [4.69, 9.17) is 5.11 Å². The van der Waals surface area contributed by atoms with Gasteiger partial charge in [-0.3, -0.25) is 14.5 Å². The van der Waals surface area contributed by atoms with E-state index in [2.05, 4.69) is 0 Å². The van der Waals surface area contributed by atoms with Gasteiger partial charge in [-0.05, 0) is 25.1 Å². The third-order valence-electron chi connectivity index (χ3n) is 3.11. The smallest absolute Gasteiger partial charge is 0.326 e. The predicted molar refractivity (Wildman–Crippen MR) is 67.6 cm³/mol.